The zero-order chi connectivity index (χ0) is 21.5. The topological polar surface area (TPSA) is 9.23 Å². The van der Waals surface area contributed by atoms with Crippen LogP contribution in [0, 0.1) is 40.4 Å². The van der Waals surface area contributed by atoms with Crippen LogP contribution in [0.15, 0.2) is 11.6 Å². The second kappa shape index (κ2) is 9.39. The Balaban J connectivity index is 1.44. The van der Waals surface area contributed by atoms with Gasteiger partial charge in [0.2, 0.25) is 0 Å². The summed E-state index contributed by atoms with van der Waals surface area (Å²) in [4.78, 5) is 0. The number of allylic oxidation sites excluding steroid dienone is 1. The van der Waals surface area contributed by atoms with Crippen molar-refractivity contribution in [3.63, 3.8) is 0 Å². The Morgan fingerprint density at radius 1 is 1.07 bits per heavy atom. The molecule has 8 atom stereocenters. The van der Waals surface area contributed by atoms with Crippen LogP contribution in [0.5, 0.6) is 0 Å². The molecule has 0 aromatic carbocycles. The quantitative estimate of drug-likeness (QED) is 0.185. The van der Waals surface area contributed by atoms with Crippen LogP contribution in [0.1, 0.15) is 98.8 Å². The van der Waals surface area contributed by atoms with Gasteiger partial charge in [0.1, 0.15) is 0 Å². The first-order chi connectivity index (χ1) is 14.3. The third-order valence-electron chi connectivity index (χ3n) is 10.4. The number of hydrogen-bond acceptors (Lipinski definition) is 1. The Bertz CT molecular complexity index is 626. The standard InChI is InChI=1S/C28H48OTe/c1-19(2)30-17-7-8-20(3)24-11-12-25-23-10-9-21-18-22(29-6)13-15-27(21,4)26(23)14-16-28(24,25)5/h9,19-20,22-26H,7-8,10-18H2,1-6H3/t20-,22+,23+,24-,25+,26+,27+,28-/m1/s1. The van der Waals surface area contributed by atoms with Crippen molar-refractivity contribution < 1.29 is 4.74 Å². The third kappa shape index (κ3) is 4.21. The number of rotatable bonds is 7. The van der Waals surface area contributed by atoms with Gasteiger partial charge < -0.3 is 4.74 Å². The summed E-state index contributed by atoms with van der Waals surface area (Å²) in [5.74, 6) is 4.83. The van der Waals surface area contributed by atoms with E-state index in [1.54, 1.807) is 10.0 Å². The molecular weight excluding hydrogens is 480 g/mol. The predicted octanol–water partition coefficient (Wildman–Crippen LogP) is 7.95. The van der Waals surface area contributed by atoms with Crippen LogP contribution in [0.3, 0.4) is 0 Å². The van der Waals surface area contributed by atoms with Crippen molar-refractivity contribution in [3.8, 4) is 0 Å². The van der Waals surface area contributed by atoms with E-state index >= 15 is 0 Å². The molecule has 2 heteroatoms. The molecule has 1 nitrogen and oxygen atoms in total. The van der Waals surface area contributed by atoms with Crippen LogP contribution in [0.25, 0.3) is 0 Å². The summed E-state index contributed by atoms with van der Waals surface area (Å²) in [5, 5.41) is 0. The first-order valence-corrected chi connectivity index (χ1v) is 16.1. The molecule has 0 unspecified atom stereocenters. The van der Waals surface area contributed by atoms with E-state index in [4.69, 9.17) is 4.74 Å². The van der Waals surface area contributed by atoms with E-state index in [0.717, 1.165) is 33.6 Å². The zero-order valence-corrected chi connectivity index (χ0v) is 23.0. The summed E-state index contributed by atoms with van der Waals surface area (Å²) < 4.78 is 8.33. The summed E-state index contributed by atoms with van der Waals surface area (Å²) in [5.41, 5.74) is 2.87. The van der Waals surface area contributed by atoms with Crippen molar-refractivity contribution in [2.75, 3.05) is 7.11 Å². The molecule has 4 aliphatic rings. The van der Waals surface area contributed by atoms with Crippen molar-refractivity contribution in [2.24, 2.45) is 40.4 Å². The molecule has 30 heavy (non-hydrogen) atoms. The summed E-state index contributed by atoms with van der Waals surface area (Å²) in [6.07, 6.45) is 17.4. The van der Waals surface area contributed by atoms with E-state index in [1.165, 1.54) is 64.2 Å². The Labute approximate surface area is 197 Å². The minimum absolute atomic E-state index is 0.270. The second-order valence-corrected chi connectivity index (χ2v) is 16.9. The second-order valence-electron chi connectivity index (χ2n) is 12.1. The third-order valence-corrected chi connectivity index (χ3v) is 13.8. The van der Waals surface area contributed by atoms with E-state index in [-0.39, 0.29) is 20.9 Å². The fraction of sp³-hybridized carbons (Fsp3) is 0.929. The number of ether oxygens (including phenoxy) is 1. The van der Waals surface area contributed by atoms with Crippen LogP contribution in [0.2, 0.25) is 8.43 Å². The SMILES string of the molecule is CO[C@H]1CC[C@@]2(C)C(=CC[C@H]3[C@@H]4CC[C@H]([C@H](C)CCC[Te]C(C)C)[C@@]4(C)CC[C@@H]32)C1. The molecule has 0 N–H and O–H groups in total. The normalized spacial score (nSPS) is 44.2. The van der Waals surface area contributed by atoms with Gasteiger partial charge in [0.05, 0.1) is 6.10 Å². The van der Waals surface area contributed by atoms with Gasteiger partial charge in [-0.1, -0.05) is 0 Å². The van der Waals surface area contributed by atoms with Gasteiger partial charge in [-0.15, -0.1) is 0 Å². The van der Waals surface area contributed by atoms with E-state index in [1.807, 2.05) is 7.11 Å². The minimum atomic E-state index is 0.270. The first kappa shape index (κ1) is 23.6. The summed E-state index contributed by atoms with van der Waals surface area (Å²) in [6.45, 7) is 12.8. The predicted molar refractivity (Wildman–Crippen MR) is 130 cm³/mol. The maximum absolute atomic E-state index is 5.76. The van der Waals surface area contributed by atoms with Gasteiger partial charge >= 0.3 is 180 Å². The summed E-state index contributed by atoms with van der Waals surface area (Å²) in [6, 6.07) is 0. The van der Waals surface area contributed by atoms with Crippen molar-refractivity contribution in [1.82, 2.24) is 0 Å². The van der Waals surface area contributed by atoms with E-state index < -0.39 is 0 Å². The van der Waals surface area contributed by atoms with Gasteiger partial charge in [-0.3, -0.25) is 0 Å². The summed E-state index contributed by atoms with van der Waals surface area (Å²) >= 11 is 0.270. The molecule has 0 bridgehead atoms. The molecule has 0 amide bonds. The van der Waals surface area contributed by atoms with Crippen LogP contribution in [0.4, 0.5) is 0 Å². The van der Waals surface area contributed by atoms with Crippen molar-refractivity contribution in [1.29, 1.82) is 0 Å². The molecule has 0 aliphatic heterocycles. The average Bonchev–Trinajstić information content (AvgIpc) is 3.07. The molecule has 4 aliphatic carbocycles. The molecule has 3 saturated carbocycles. The number of fused-ring (bicyclic) bond motifs is 5. The van der Waals surface area contributed by atoms with Crippen LogP contribution in [-0.4, -0.2) is 34.1 Å². The van der Waals surface area contributed by atoms with Crippen molar-refractivity contribution in [2.45, 2.75) is 113 Å². The molecule has 0 spiro atoms. The zero-order valence-electron chi connectivity index (χ0n) is 20.7. The summed E-state index contributed by atoms with van der Waals surface area (Å²) in [7, 11) is 1.91. The Hall–Kier alpha value is 0.490. The Morgan fingerprint density at radius 2 is 1.87 bits per heavy atom. The van der Waals surface area contributed by atoms with Gasteiger partial charge in [-0.2, -0.15) is 0 Å². The average molecular weight is 528 g/mol. The first-order valence-electron chi connectivity index (χ1n) is 13.1. The molecule has 0 saturated heterocycles. The number of hydrogen-bond donors (Lipinski definition) is 0. The van der Waals surface area contributed by atoms with Gasteiger partial charge in [-0.05, 0) is 0 Å². The van der Waals surface area contributed by atoms with Gasteiger partial charge in [0, 0.05) is 7.11 Å². The Kier molecular flexibility index (Phi) is 7.40. The fourth-order valence-electron chi connectivity index (χ4n) is 8.73. The van der Waals surface area contributed by atoms with Crippen LogP contribution in [-0.2, 0) is 4.74 Å². The van der Waals surface area contributed by atoms with E-state index in [0.29, 0.717) is 16.9 Å². The molecule has 3 fully saturated rings. The van der Waals surface area contributed by atoms with Gasteiger partial charge in [0.15, 0.2) is 0 Å². The molecule has 0 aromatic heterocycles. The molecular formula is C28H48OTe. The fourth-order valence-corrected chi connectivity index (χ4v) is 11.0. The molecule has 0 aromatic rings. The maximum atomic E-state index is 5.76. The van der Waals surface area contributed by atoms with Gasteiger partial charge in [0.25, 0.3) is 0 Å². The Morgan fingerprint density at radius 3 is 2.60 bits per heavy atom. The van der Waals surface area contributed by atoms with Crippen molar-refractivity contribution >= 4 is 20.9 Å². The monoisotopic (exact) mass is 530 g/mol. The van der Waals surface area contributed by atoms with Crippen molar-refractivity contribution in [3.05, 3.63) is 11.6 Å². The molecule has 0 heterocycles. The molecule has 4 rings (SSSR count). The molecule has 172 valence electrons. The van der Waals surface area contributed by atoms with Crippen LogP contribution >= 0.6 is 0 Å². The van der Waals surface area contributed by atoms with Crippen LogP contribution < -0.4 is 0 Å². The van der Waals surface area contributed by atoms with Gasteiger partial charge in [-0.25, -0.2) is 0 Å². The van der Waals surface area contributed by atoms with E-state index in [9.17, 15) is 0 Å². The molecule has 0 radical (unpaired) electrons. The number of methoxy groups -OCH3 is 1. The van der Waals surface area contributed by atoms with E-state index in [2.05, 4.69) is 40.7 Å².